The molecule has 0 aromatic carbocycles. The van der Waals surface area contributed by atoms with E-state index in [0.717, 1.165) is 16.7 Å². The van der Waals surface area contributed by atoms with E-state index in [4.69, 9.17) is 4.74 Å². The van der Waals surface area contributed by atoms with Gasteiger partial charge in [0.15, 0.2) is 0 Å². The van der Waals surface area contributed by atoms with Gasteiger partial charge in [0.1, 0.15) is 6.61 Å². The normalized spacial score (nSPS) is 11.6. The van der Waals surface area contributed by atoms with E-state index in [-0.39, 0.29) is 0 Å². The molecule has 4 heteroatoms. The van der Waals surface area contributed by atoms with Crippen molar-refractivity contribution in [3.8, 4) is 5.88 Å². The van der Waals surface area contributed by atoms with Crippen molar-refractivity contribution in [3.05, 3.63) is 22.3 Å². The highest BCUT2D eigenvalue weighted by atomic mass is 79.9. The molecule has 0 saturated carbocycles. The van der Waals surface area contributed by atoms with Crippen LogP contribution in [0.3, 0.4) is 0 Å². The van der Waals surface area contributed by atoms with Crippen LogP contribution >= 0.6 is 15.9 Å². The number of hydrogen-bond acceptors (Lipinski definition) is 3. The van der Waals surface area contributed by atoms with Crippen molar-refractivity contribution in [2.24, 2.45) is 0 Å². The van der Waals surface area contributed by atoms with Gasteiger partial charge in [-0.2, -0.15) is 0 Å². The summed E-state index contributed by atoms with van der Waals surface area (Å²) in [6.07, 6.45) is 0. The maximum absolute atomic E-state index is 5.70. The Bertz CT molecular complexity index is 372. The predicted octanol–water partition coefficient (Wildman–Crippen LogP) is 3.65. The monoisotopic (exact) mass is 314 g/mol. The fourth-order valence-corrected chi connectivity index (χ4v) is 2.19. The Morgan fingerprint density at radius 2 is 1.83 bits per heavy atom. The first-order valence-electron chi connectivity index (χ1n) is 6.43. The second-order valence-corrected chi connectivity index (χ2v) is 5.84. The fourth-order valence-electron chi connectivity index (χ4n) is 1.97. The van der Waals surface area contributed by atoms with Crippen LogP contribution in [0.15, 0.2) is 16.6 Å². The van der Waals surface area contributed by atoms with E-state index in [9.17, 15) is 0 Å². The minimum Gasteiger partial charge on any atom is -0.476 e. The average molecular weight is 315 g/mol. The molecule has 0 radical (unpaired) electrons. The van der Waals surface area contributed by atoms with Crippen LogP contribution < -0.4 is 4.74 Å². The molecule has 1 aromatic heterocycles. The largest absolute Gasteiger partial charge is 0.476 e. The lowest BCUT2D eigenvalue weighted by molar-refractivity contribution is 0.140. The van der Waals surface area contributed by atoms with E-state index in [1.165, 1.54) is 0 Å². The summed E-state index contributed by atoms with van der Waals surface area (Å²) in [7, 11) is 0. The van der Waals surface area contributed by atoms with Gasteiger partial charge >= 0.3 is 0 Å². The number of hydrogen-bond donors (Lipinski definition) is 0. The van der Waals surface area contributed by atoms with Gasteiger partial charge in [-0.15, -0.1) is 0 Å². The van der Waals surface area contributed by atoms with E-state index in [1.54, 1.807) is 0 Å². The zero-order chi connectivity index (χ0) is 13.7. The first-order chi connectivity index (χ1) is 8.41. The van der Waals surface area contributed by atoms with E-state index < -0.39 is 0 Å². The Kier molecular flexibility index (Phi) is 6.09. The van der Waals surface area contributed by atoms with Gasteiger partial charge in [0.05, 0.1) is 5.69 Å². The second kappa shape index (κ2) is 7.10. The summed E-state index contributed by atoms with van der Waals surface area (Å²) in [5.74, 6) is 0.697. The predicted molar refractivity (Wildman–Crippen MR) is 79.1 cm³/mol. The summed E-state index contributed by atoms with van der Waals surface area (Å²) in [5.41, 5.74) is 0.956. The van der Waals surface area contributed by atoms with Crippen molar-refractivity contribution in [3.63, 3.8) is 0 Å². The molecule has 0 aliphatic rings. The fraction of sp³-hybridized carbons (Fsp3) is 0.643. The number of aromatic nitrogens is 1. The van der Waals surface area contributed by atoms with Gasteiger partial charge in [0.25, 0.3) is 0 Å². The first-order valence-corrected chi connectivity index (χ1v) is 7.22. The van der Waals surface area contributed by atoms with Crippen LogP contribution in [0.4, 0.5) is 0 Å². The molecular weight excluding hydrogens is 292 g/mol. The highest BCUT2D eigenvalue weighted by Gasteiger charge is 2.13. The zero-order valence-corrected chi connectivity index (χ0v) is 13.5. The van der Waals surface area contributed by atoms with Gasteiger partial charge in [-0.1, -0.05) is 0 Å². The van der Waals surface area contributed by atoms with Crippen molar-refractivity contribution in [2.45, 2.75) is 46.7 Å². The zero-order valence-electron chi connectivity index (χ0n) is 11.9. The van der Waals surface area contributed by atoms with Crippen LogP contribution in [0.1, 0.15) is 33.4 Å². The van der Waals surface area contributed by atoms with Crippen molar-refractivity contribution in [2.75, 3.05) is 13.2 Å². The average Bonchev–Trinajstić information content (AvgIpc) is 2.28. The van der Waals surface area contributed by atoms with Crippen LogP contribution in [0.2, 0.25) is 0 Å². The Balaban J connectivity index is 2.47. The van der Waals surface area contributed by atoms with Crippen LogP contribution in [-0.4, -0.2) is 35.1 Å². The summed E-state index contributed by atoms with van der Waals surface area (Å²) in [5, 5.41) is 0. The molecule has 0 aliphatic heterocycles. The number of nitrogens with zero attached hydrogens (tertiary/aromatic N) is 2. The summed E-state index contributed by atoms with van der Waals surface area (Å²) >= 11 is 3.43. The van der Waals surface area contributed by atoms with E-state index in [0.29, 0.717) is 24.6 Å². The van der Waals surface area contributed by atoms with Crippen LogP contribution in [-0.2, 0) is 0 Å². The van der Waals surface area contributed by atoms with Crippen molar-refractivity contribution in [1.29, 1.82) is 0 Å². The lowest BCUT2D eigenvalue weighted by Crippen LogP contribution is -2.39. The van der Waals surface area contributed by atoms with E-state index >= 15 is 0 Å². The SMILES string of the molecule is Cc1nc(OCCN(C(C)C)C(C)C)ccc1Br. The first kappa shape index (κ1) is 15.4. The van der Waals surface area contributed by atoms with Crippen molar-refractivity contribution in [1.82, 2.24) is 9.88 Å². The summed E-state index contributed by atoms with van der Waals surface area (Å²) in [6, 6.07) is 4.94. The third-order valence-electron chi connectivity index (χ3n) is 2.92. The third-order valence-corrected chi connectivity index (χ3v) is 3.76. The molecule has 0 saturated heterocycles. The Hall–Kier alpha value is -0.610. The van der Waals surface area contributed by atoms with Gasteiger partial charge in [-0.05, 0) is 56.6 Å². The van der Waals surface area contributed by atoms with E-state index in [2.05, 4.69) is 53.5 Å². The molecule has 3 nitrogen and oxygen atoms in total. The summed E-state index contributed by atoms with van der Waals surface area (Å²) < 4.78 is 6.71. The van der Waals surface area contributed by atoms with Crippen LogP contribution in [0.5, 0.6) is 5.88 Å². The maximum atomic E-state index is 5.70. The lowest BCUT2D eigenvalue weighted by Gasteiger charge is -2.30. The molecule has 0 N–H and O–H groups in total. The number of aryl methyl sites for hydroxylation is 1. The highest BCUT2D eigenvalue weighted by Crippen LogP contribution is 2.17. The lowest BCUT2D eigenvalue weighted by atomic mass is 10.2. The Morgan fingerprint density at radius 1 is 1.22 bits per heavy atom. The molecule has 1 heterocycles. The van der Waals surface area contributed by atoms with Crippen molar-refractivity contribution < 1.29 is 4.74 Å². The van der Waals surface area contributed by atoms with Crippen LogP contribution in [0, 0.1) is 6.92 Å². The molecule has 0 bridgehead atoms. The van der Waals surface area contributed by atoms with Gasteiger partial charge in [0.2, 0.25) is 5.88 Å². The molecule has 0 fully saturated rings. The standard InChI is InChI=1S/C14H23BrN2O/c1-10(2)17(11(3)4)8-9-18-14-7-6-13(15)12(5)16-14/h6-7,10-11H,8-9H2,1-5H3. The molecule has 102 valence electrons. The molecule has 0 spiro atoms. The number of pyridine rings is 1. The second-order valence-electron chi connectivity index (χ2n) is 4.99. The Morgan fingerprint density at radius 3 is 2.33 bits per heavy atom. The minimum atomic E-state index is 0.535. The highest BCUT2D eigenvalue weighted by molar-refractivity contribution is 9.10. The maximum Gasteiger partial charge on any atom is 0.213 e. The molecule has 0 atom stereocenters. The smallest absolute Gasteiger partial charge is 0.213 e. The topological polar surface area (TPSA) is 25.4 Å². The van der Waals surface area contributed by atoms with Crippen LogP contribution in [0.25, 0.3) is 0 Å². The van der Waals surface area contributed by atoms with Gasteiger partial charge < -0.3 is 4.74 Å². The minimum absolute atomic E-state index is 0.535. The van der Waals surface area contributed by atoms with Crippen molar-refractivity contribution >= 4 is 15.9 Å². The number of halogens is 1. The number of rotatable bonds is 6. The summed E-state index contributed by atoms with van der Waals surface area (Å²) in [4.78, 5) is 6.78. The van der Waals surface area contributed by atoms with Gasteiger partial charge in [0, 0.05) is 29.2 Å². The van der Waals surface area contributed by atoms with Gasteiger partial charge in [-0.25, -0.2) is 4.98 Å². The van der Waals surface area contributed by atoms with Gasteiger partial charge in [-0.3, -0.25) is 4.90 Å². The van der Waals surface area contributed by atoms with E-state index in [1.807, 2.05) is 19.1 Å². The molecule has 18 heavy (non-hydrogen) atoms. The molecule has 0 amide bonds. The number of ether oxygens (including phenoxy) is 1. The quantitative estimate of drug-likeness (QED) is 0.801. The Labute approximate surface area is 119 Å². The molecule has 0 aliphatic carbocycles. The molecule has 1 aromatic rings. The summed E-state index contributed by atoms with van der Waals surface area (Å²) in [6.45, 7) is 12.4. The third kappa shape index (κ3) is 4.58. The molecule has 1 rings (SSSR count). The molecular formula is C14H23BrN2O. The molecule has 0 unspecified atom stereocenters.